The van der Waals surface area contributed by atoms with Crippen molar-refractivity contribution in [1.82, 2.24) is 9.62 Å². The van der Waals surface area contributed by atoms with Crippen molar-refractivity contribution >= 4 is 15.9 Å². The van der Waals surface area contributed by atoms with Crippen LogP contribution in [0.4, 0.5) is 0 Å². The van der Waals surface area contributed by atoms with Crippen molar-refractivity contribution in [3.8, 4) is 0 Å². The second kappa shape index (κ2) is 8.57. The lowest BCUT2D eigenvalue weighted by Gasteiger charge is -2.26. The summed E-state index contributed by atoms with van der Waals surface area (Å²) < 4.78 is 31.6. The van der Waals surface area contributed by atoms with E-state index in [0.29, 0.717) is 45.7 Å². The maximum absolute atomic E-state index is 12.5. The Balaban J connectivity index is 1.91. The summed E-state index contributed by atoms with van der Waals surface area (Å²) in [6, 6.07) is 6.60. The summed E-state index contributed by atoms with van der Waals surface area (Å²) in [4.78, 5) is 11.9. The van der Waals surface area contributed by atoms with Crippen LogP contribution in [0, 0.1) is 0 Å². The Hall–Kier alpha value is -1.48. The summed E-state index contributed by atoms with van der Waals surface area (Å²) in [5.41, 5.74) is 6.47. The Labute approximate surface area is 143 Å². The van der Waals surface area contributed by atoms with Crippen LogP contribution in [0.1, 0.15) is 25.3 Å². The zero-order valence-corrected chi connectivity index (χ0v) is 14.7. The third-order valence-electron chi connectivity index (χ3n) is 3.85. The molecule has 134 valence electrons. The fourth-order valence-electron chi connectivity index (χ4n) is 2.36. The number of nitrogens with one attached hydrogen (secondary N) is 1. The first-order valence-corrected chi connectivity index (χ1v) is 9.52. The molecule has 1 aliphatic rings. The number of carbonyl (C=O) groups excluding carboxylic acids is 1. The first-order chi connectivity index (χ1) is 11.4. The van der Waals surface area contributed by atoms with Gasteiger partial charge in [-0.2, -0.15) is 4.31 Å². The molecule has 1 heterocycles. The molecule has 8 heteroatoms. The third kappa shape index (κ3) is 5.27. The van der Waals surface area contributed by atoms with Gasteiger partial charge in [-0.3, -0.25) is 4.79 Å². The Bertz CT molecular complexity index is 638. The summed E-state index contributed by atoms with van der Waals surface area (Å²) in [6.07, 6.45) is 1.03. The van der Waals surface area contributed by atoms with Gasteiger partial charge in [-0.1, -0.05) is 12.1 Å². The van der Waals surface area contributed by atoms with Crippen molar-refractivity contribution < 1.29 is 17.9 Å². The van der Waals surface area contributed by atoms with Gasteiger partial charge >= 0.3 is 0 Å². The number of ether oxygens (including phenoxy) is 1. The number of nitrogens with zero attached hydrogens (tertiary/aromatic N) is 1. The van der Waals surface area contributed by atoms with Crippen LogP contribution in [-0.4, -0.2) is 51.0 Å². The molecule has 1 saturated heterocycles. The van der Waals surface area contributed by atoms with Crippen molar-refractivity contribution in [2.45, 2.75) is 37.2 Å². The summed E-state index contributed by atoms with van der Waals surface area (Å²) in [5, 5.41) is 2.81. The van der Waals surface area contributed by atoms with Gasteiger partial charge in [-0.05, 0) is 31.0 Å². The highest BCUT2D eigenvalue weighted by atomic mass is 32.2. The topological polar surface area (TPSA) is 102 Å². The number of nitrogens with two attached hydrogens (primary N) is 1. The van der Waals surface area contributed by atoms with E-state index in [0.717, 1.165) is 5.56 Å². The molecule has 1 unspecified atom stereocenters. The molecule has 1 aromatic carbocycles. The molecule has 1 fully saturated rings. The van der Waals surface area contributed by atoms with Crippen molar-refractivity contribution in [3.63, 3.8) is 0 Å². The maximum Gasteiger partial charge on any atom is 0.243 e. The van der Waals surface area contributed by atoms with Crippen LogP contribution in [0.15, 0.2) is 29.2 Å². The quantitative estimate of drug-likeness (QED) is 0.739. The predicted octanol–water partition coefficient (Wildman–Crippen LogP) is 0.451. The average molecular weight is 355 g/mol. The van der Waals surface area contributed by atoms with Crippen molar-refractivity contribution in [2.24, 2.45) is 5.73 Å². The molecule has 24 heavy (non-hydrogen) atoms. The first-order valence-electron chi connectivity index (χ1n) is 8.08. The molecule has 3 N–H and O–H groups in total. The van der Waals surface area contributed by atoms with E-state index in [1.54, 1.807) is 24.3 Å². The monoisotopic (exact) mass is 355 g/mol. The number of sulfonamides is 1. The van der Waals surface area contributed by atoms with Gasteiger partial charge in [0.1, 0.15) is 0 Å². The number of carbonyl (C=O) groups is 1. The molecule has 1 aliphatic heterocycles. The lowest BCUT2D eigenvalue weighted by molar-refractivity contribution is -0.121. The van der Waals surface area contributed by atoms with Crippen LogP contribution in [0.25, 0.3) is 0 Å². The molecule has 0 aromatic heterocycles. The molecule has 0 radical (unpaired) electrons. The molecular weight excluding hydrogens is 330 g/mol. The van der Waals surface area contributed by atoms with E-state index in [1.165, 1.54) is 4.31 Å². The minimum absolute atomic E-state index is 0.000396. The normalized spacial score (nSPS) is 17.4. The van der Waals surface area contributed by atoms with Crippen LogP contribution in [0.5, 0.6) is 0 Å². The number of amides is 1. The van der Waals surface area contributed by atoms with Gasteiger partial charge in [0.05, 0.1) is 18.1 Å². The fraction of sp³-hybridized carbons (Fsp3) is 0.562. The van der Waals surface area contributed by atoms with Crippen molar-refractivity contribution in [2.75, 3.05) is 26.3 Å². The number of morpholine rings is 1. The number of benzene rings is 1. The van der Waals surface area contributed by atoms with Crippen LogP contribution < -0.4 is 11.1 Å². The number of hydrogen-bond donors (Lipinski definition) is 2. The Kier molecular flexibility index (Phi) is 6.73. The van der Waals surface area contributed by atoms with Crippen LogP contribution >= 0.6 is 0 Å². The smallest absolute Gasteiger partial charge is 0.243 e. The molecule has 0 saturated carbocycles. The average Bonchev–Trinajstić information content (AvgIpc) is 2.59. The molecule has 0 aliphatic carbocycles. The highest BCUT2D eigenvalue weighted by Gasteiger charge is 2.25. The van der Waals surface area contributed by atoms with E-state index in [1.807, 2.05) is 6.92 Å². The van der Waals surface area contributed by atoms with Gasteiger partial charge in [0.25, 0.3) is 0 Å². The SMILES string of the molecule is CC(N)CCC(=O)NCc1ccc(S(=O)(=O)N2CCOCC2)cc1. The molecule has 0 spiro atoms. The standard InChI is InChI=1S/C16H25N3O4S/c1-13(17)2-7-16(20)18-12-14-3-5-15(6-4-14)24(21,22)19-8-10-23-11-9-19/h3-6,13H,2,7-12,17H2,1H3,(H,18,20). The summed E-state index contributed by atoms with van der Waals surface area (Å²) in [5.74, 6) is -0.0580. The van der Waals surface area contributed by atoms with Gasteiger partial charge in [-0.25, -0.2) is 8.42 Å². The maximum atomic E-state index is 12.5. The minimum atomic E-state index is -3.48. The number of rotatable bonds is 7. The molecule has 1 amide bonds. The number of hydrogen-bond acceptors (Lipinski definition) is 5. The first kappa shape index (κ1) is 18.9. The van der Waals surface area contributed by atoms with E-state index in [2.05, 4.69) is 5.32 Å². The zero-order chi connectivity index (χ0) is 17.6. The highest BCUT2D eigenvalue weighted by molar-refractivity contribution is 7.89. The van der Waals surface area contributed by atoms with E-state index in [9.17, 15) is 13.2 Å². The lowest BCUT2D eigenvalue weighted by atomic mass is 10.2. The van der Waals surface area contributed by atoms with Gasteiger partial charge in [0.2, 0.25) is 15.9 Å². The molecule has 7 nitrogen and oxygen atoms in total. The highest BCUT2D eigenvalue weighted by Crippen LogP contribution is 2.17. The second-order valence-corrected chi connectivity index (χ2v) is 7.89. The van der Waals surface area contributed by atoms with Gasteiger partial charge < -0.3 is 15.8 Å². The minimum Gasteiger partial charge on any atom is -0.379 e. The fourth-order valence-corrected chi connectivity index (χ4v) is 3.77. The zero-order valence-electron chi connectivity index (χ0n) is 13.9. The Morgan fingerprint density at radius 3 is 2.50 bits per heavy atom. The molecular formula is C16H25N3O4S. The molecule has 0 bridgehead atoms. The van der Waals surface area contributed by atoms with Gasteiger partial charge in [0, 0.05) is 32.1 Å². The summed E-state index contributed by atoms with van der Waals surface area (Å²) >= 11 is 0. The van der Waals surface area contributed by atoms with E-state index in [-0.39, 0.29) is 16.8 Å². The Morgan fingerprint density at radius 2 is 1.92 bits per heavy atom. The van der Waals surface area contributed by atoms with Gasteiger partial charge in [-0.15, -0.1) is 0 Å². The van der Waals surface area contributed by atoms with Crippen LogP contribution in [0.2, 0.25) is 0 Å². The van der Waals surface area contributed by atoms with Crippen LogP contribution in [0.3, 0.4) is 0 Å². The van der Waals surface area contributed by atoms with Crippen molar-refractivity contribution in [3.05, 3.63) is 29.8 Å². The van der Waals surface area contributed by atoms with Crippen LogP contribution in [-0.2, 0) is 26.1 Å². The van der Waals surface area contributed by atoms with E-state index < -0.39 is 10.0 Å². The summed E-state index contributed by atoms with van der Waals surface area (Å²) in [6.45, 7) is 3.82. The van der Waals surface area contributed by atoms with Crippen molar-refractivity contribution in [1.29, 1.82) is 0 Å². The molecule has 2 rings (SSSR count). The largest absolute Gasteiger partial charge is 0.379 e. The predicted molar refractivity (Wildman–Crippen MR) is 90.7 cm³/mol. The van der Waals surface area contributed by atoms with E-state index in [4.69, 9.17) is 10.5 Å². The van der Waals surface area contributed by atoms with E-state index >= 15 is 0 Å². The lowest BCUT2D eigenvalue weighted by Crippen LogP contribution is -2.40. The van der Waals surface area contributed by atoms with Gasteiger partial charge in [0.15, 0.2) is 0 Å². The molecule has 1 aromatic rings. The third-order valence-corrected chi connectivity index (χ3v) is 5.76. The second-order valence-electron chi connectivity index (χ2n) is 5.95. The summed E-state index contributed by atoms with van der Waals surface area (Å²) in [7, 11) is -3.48. The Morgan fingerprint density at radius 1 is 1.29 bits per heavy atom. The molecule has 1 atom stereocenters.